The molecule has 0 bridgehead atoms. The SMILES string of the molecule is COCCN1CCC(CN2CCN(c3ccc(C)cc3)CC2)C1. The zero-order chi connectivity index (χ0) is 16.1. The molecule has 0 radical (unpaired) electrons. The third-order valence-electron chi connectivity index (χ3n) is 5.27. The molecule has 0 saturated carbocycles. The molecule has 0 N–H and O–H groups in total. The van der Waals surface area contributed by atoms with Gasteiger partial charge in [-0.15, -0.1) is 0 Å². The number of likely N-dealkylation sites (tertiary alicyclic amines) is 1. The second-order valence-electron chi connectivity index (χ2n) is 7.07. The molecule has 1 unspecified atom stereocenters. The van der Waals surface area contributed by atoms with Crippen LogP contribution in [0.15, 0.2) is 24.3 Å². The normalized spacial score (nSPS) is 23.6. The predicted octanol–water partition coefficient (Wildman–Crippen LogP) is 2.09. The zero-order valence-electron chi connectivity index (χ0n) is 14.7. The second kappa shape index (κ2) is 8.13. The number of aryl methyl sites for hydroxylation is 1. The number of rotatable bonds is 6. The molecule has 128 valence electrons. The highest BCUT2D eigenvalue weighted by atomic mass is 16.5. The van der Waals surface area contributed by atoms with Gasteiger partial charge < -0.3 is 14.5 Å². The first kappa shape index (κ1) is 16.7. The maximum absolute atomic E-state index is 5.19. The molecule has 4 nitrogen and oxygen atoms in total. The molecular formula is C19H31N3O. The van der Waals surface area contributed by atoms with E-state index in [4.69, 9.17) is 4.74 Å². The molecule has 0 spiro atoms. The largest absolute Gasteiger partial charge is 0.383 e. The molecule has 2 aliphatic rings. The quantitative estimate of drug-likeness (QED) is 0.799. The molecule has 3 rings (SSSR count). The number of ether oxygens (including phenoxy) is 1. The summed E-state index contributed by atoms with van der Waals surface area (Å²) in [7, 11) is 1.79. The lowest BCUT2D eigenvalue weighted by Crippen LogP contribution is -2.48. The minimum atomic E-state index is 0.845. The fourth-order valence-electron chi connectivity index (χ4n) is 3.79. The maximum atomic E-state index is 5.19. The summed E-state index contributed by atoms with van der Waals surface area (Å²) in [6.45, 7) is 12.6. The highest BCUT2D eigenvalue weighted by Crippen LogP contribution is 2.20. The Kier molecular flexibility index (Phi) is 5.92. The first-order chi connectivity index (χ1) is 11.2. The molecule has 2 heterocycles. The van der Waals surface area contributed by atoms with Crippen molar-refractivity contribution in [1.29, 1.82) is 0 Å². The van der Waals surface area contributed by atoms with Crippen LogP contribution in [-0.2, 0) is 4.74 Å². The van der Waals surface area contributed by atoms with Crippen molar-refractivity contribution in [2.75, 3.05) is 71.0 Å². The number of anilines is 1. The van der Waals surface area contributed by atoms with Gasteiger partial charge in [0, 0.05) is 58.6 Å². The van der Waals surface area contributed by atoms with E-state index in [9.17, 15) is 0 Å². The zero-order valence-corrected chi connectivity index (χ0v) is 14.7. The first-order valence-electron chi connectivity index (χ1n) is 9.00. The van der Waals surface area contributed by atoms with Gasteiger partial charge in [-0.2, -0.15) is 0 Å². The van der Waals surface area contributed by atoms with Gasteiger partial charge in [0.2, 0.25) is 0 Å². The lowest BCUT2D eigenvalue weighted by Gasteiger charge is -2.37. The van der Waals surface area contributed by atoms with Crippen LogP contribution in [0, 0.1) is 12.8 Å². The maximum Gasteiger partial charge on any atom is 0.0589 e. The Bertz CT molecular complexity index is 468. The number of nitrogens with zero attached hydrogens (tertiary/aromatic N) is 3. The third kappa shape index (κ3) is 4.69. The summed E-state index contributed by atoms with van der Waals surface area (Å²) in [6, 6.07) is 8.95. The number of hydrogen-bond acceptors (Lipinski definition) is 4. The monoisotopic (exact) mass is 317 g/mol. The molecule has 23 heavy (non-hydrogen) atoms. The predicted molar refractivity (Wildman–Crippen MR) is 96.3 cm³/mol. The molecule has 2 saturated heterocycles. The van der Waals surface area contributed by atoms with Crippen molar-refractivity contribution in [1.82, 2.24) is 9.80 Å². The van der Waals surface area contributed by atoms with Crippen LogP contribution in [0.4, 0.5) is 5.69 Å². The molecule has 4 heteroatoms. The van der Waals surface area contributed by atoms with Crippen molar-refractivity contribution in [3.8, 4) is 0 Å². The molecule has 1 atom stereocenters. The molecule has 1 aromatic carbocycles. The van der Waals surface area contributed by atoms with Crippen molar-refractivity contribution in [2.24, 2.45) is 5.92 Å². The molecular weight excluding hydrogens is 286 g/mol. The van der Waals surface area contributed by atoms with E-state index in [-0.39, 0.29) is 0 Å². The fourth-order valence-corrected chi connectivity index (χ4v) is 3.79. The van der Waals surface area contributed by atoms with Crippen LogP contribution in [0.5, 0.6) is 0 Å². The highest BCUT2D eigenvalue weighted by molar-refractivity contribution is 5.47. The summed E-state index contributed by atoms with van der Waals surface area (Å²) < 4.78 is 5.19. The van der Waals surface area contributed by atoms with Gasteiger partial charge in [-0.25, -0.2) is 0 Å². The van der Waals surface area contributed by atoms with Gasteiger partial charge in [0.05, 0.1) is 6.61 Å². The van der Waals surface area contributed by atoms with E-state index >= 15 is 0 Å². The Morgan fingerprint density at radius 2 is 1.74 bits per heavy atom. The summed E-state index contributed by atoms with van der Waals surface area (Å²) in [6.07, 6.45) is 1.35. The van der Waals surface area contributed by atoms with Crippen molar-refractivity contribution < 1.29 is 4.74 Å². The van der Waals surface area contributed by atoms with Crippen LogP contribution in [0.1, 0.15) is 12.0 Å². The molecule has 2 fully saturated rings. The standard InChI is InChI=1S/C19H31N3O/c1-17-3-5-19(6-4-17)22-11-9-21(10-12-22)16-18-7-8-20(15-18)13-14-23-2/h3-6,18H,7-16H2,1-2H3. The van der Waals surface area contributed by atoms with Gasteiger partial charge in [-0.1, -0.05) is 17.7 Å². The van der Waals surface area contributed by atoms with Crippen molar-refractivity contribution in [3.63, 3.8) is 0 Å². The van der Waals surface area contributed by atoms with Crippen molar-refractivity contribution in [2.45, 2.75) is 13.3 Å². The van der Waals surface area contributed by atoms with E-state index in [1.807, 2.05) is 0 Å². The van der Waals surface area contributed by atoms with Gasteiger partial charge in [0.1, 0.15) is 0 Å². The number of hydrogen-bond donors (Lipinski definition) is 0. The van der Waals surface area contributed by atoms with Crippen LogP contribution in [-0.4, -0.2) is 75.9 Å². The van der Waals surface area contributed by atoms with Crippen LogP contribution in [0.25, 0.3) is 0 Å². The van der Waals surface area contributed by atoms with Gasteiger partial charge in [0.25, 0.3) is 0 Å². The van der Waals surface area contributed by atoms with Gasteiger partial charge in [-0.3, -0.25) is 4.90 Å². The van der Waals surface area contributed by atoms with Crippen LogP contribution in [0.3, 0.4) is 0 Å². The summed E-state index contributed by atoms with van der Waals surface area (Å²) in [5.74, 6) is 0.845. The lowest BCUT2D eigenvalue weighted by molar-refractivity contribution is 0.155. The molecule has 0 aliphatic carbocycles. The van der Waals surface area contributed by atoms with Crippen LogP contribution >= 0.6 is 0 Å². The summed E-state index contributed by atoms with van der Waals surface area (Å²) in [4.78, 5) is 7.74. The van der Waals surface area contributed by atoms with Crippen LogP contribution < -0.4 is 4.90 Å². The fraction of sp³-hybridized carbons (Fsp3) is 0.684. The number of methoxy groups -OCH3 is 1. The number of piperazine rings is 1. The van der Waals surface area contributed by atoms with Gasteiger partial charge in [0.15, 0.2) is 0 Å². The molecule has 0 amide bonds. The topological polar surface area (TPSA) is 19.0 Å². The Morgan fingerprint density at radius 3 is 2.43 bits per heavy atom. The Balaban J connectivity index is 1.40. The van der Waals surface area contributed by atoms with Crippen LogP contribution in [0.2, 0.25) is 0 Å². The smallest absolute Gasteiger partial charge is 0.0589 e. The van der Waals surface area contributed by atoms with E-state index in [0.717, 1.165) is 32.2 Å². The Hall–Kier alpha value is -1.10. The van der Waals surface area contributed by atoms with E-state index in [1.165, 1.54) is 50.4 Å². The Labute approximate surface area is 141 Å². The highest BCUT2D eigenvalue weighted by Gasteiger charge is 2.25. The average molecular weight is 317 g/mol. The summed E-state index contributed by atoms with van der Waals surface area (Å²) in [5, 5.41) is 0. The van der Waals surface area contributed by atoms with E-state index < -0.39 is 0 Å². The van der Waals surface area contributed by atoms with Gasteiger partial charge in [-0.05, 0) is 37.9 Å². The lowest BCUT2D eigenvalue weighted by atomic mass is 10.1. The number of benzene rings is 1. The first-order valence-corrected chi connectivity index (χ1v) is 9.00. The summed E-state index contributed by atoms with van der Waals surface area (Å²) in [5.41, 5.74) is 2.72. The van der Waals surface area contributed by atoms with E-state index in [0.29, 0.717) is 0 Å². The third-order valence-corrected chi connectivity index (χ3v) is 5.27. The summed E-state index contributed by atoms with van der Waals surface area (Å²) >= 11 is 0. The van der Waals surface area contributed by atoms with Crippen molar-refractivity contribution in [3.05, 3.63) is 29.8 Å². The molecule has 2 aliphatic heterocycles. The average Bonchev–Trinajstić information content (AvgIpc) is 3.02. The van der Waals surface area contributed by atoms with Crippen molar-refractivity contribution >= 4 is 5.69 Å². The molecule has 0 aromatic heterocycles. The van der Waals surface area contributed by atoms with Gasteiger partial charge >= 0.3 is 0 Å². The minimum Gasteiger partial charge on any atom is -0.383 e. The second-order valence-corrected chi connectivity index (χ2v) is 7.07. The van der Waals surface area contributed by atoms with E-state index in [2.05, 4.69) is 45.9 Å². The Morgan fingerprint density at radius 1 is 1.00 bits per heavy atom. The van der Waals surface area contributed by atoms with E-state index in [1.54, 1.807) is 7.11 Å². The minimum absolute atomic E-state index is 0.845. The molecule has 1 aromatic rings.